The maximum Gasteiger partial charge on any atom is 0.253 e. The second-order valence-corrected chi connectivity index (χ2v) is 8.38. The Morgan fingerprint density at radius 1 is 1.26 bits per heavy atom. The number of rotatable bonds is 9. The van der Waals surface area contributed by atoms with Crippen LogP contribution in [0.3, 0.4) is 0 Å². The van der Waals surface area contributed by atoms with Crippen LogP contribution in [0.25, 0.3) is 0 Å². The summed E-state index contributed by atoms with van der Waals surface area (Å²) < 4.78 is 33.3. The highest BCUT2D eigenvalue weighted by molar-refractivity contribution is 9.10. The summed E-state index contributed by atoms with van der Waals surface area (Å²) in [5, 5.41) is 0. The summed E-state index contributed by atoms with van der Waals surface area (Å²) in [5.41, 5.74) is 0.294. The minimum absolute atomic E-state index is 0.0368. The predicted molar refractivity (Wildman–Crippen MR) is 108 cm³/mol. The van der Waals surface area contributed by atoms with Gasteiger partial charge in [-0.3, -0.25) is 4.79 Å². The molecule has 0 aromatic heterocycles. The van der Waals surface area contributed by atoms with Crippen LogP contribution in [-0.2, 0) is 10.0 Å². The SMILES string of the molecule is C=CCNS(=O)(=O)c1cccc(C(=O)N(C)CCOc2ccc(Br)cc2)c1. The zero-order chi connectivity index (χ0) is 19.9. The van der Waals surface area contributed by atoms with Crippen molar-refractivity contribution in [2.24, 2.45) is 0 Å². The summed E-state index contributed by atoms with van der Waals surface area (Å²) >= 11 is 3.35. The zero-order valence-corrected chi connectivity index (χ0v) is 17.3. The first-order chi connectivity index (χ1) is 12.8. The molecule has 6 nitrogen and oxygen atoms in total. The maximum atomic E-state index is 12.6. The first kappa shape index (κ1) is 21.1. The number of ether oxygens (including phenoxy) is 1. The summed E-state index contributed by atoms with van der Waals surface area (Å²) in [6.45, 7) is 4.28. The first-order valence-electron chi connectivity index (χ1n) is 8.18. The van der Waals surface area contributed by atoms with Crippen molar-refractivity contribution in [1.82, 2.24) is 9.62 Å². The Morgan fingerprint density at radius 3 is 2.63 bits per heavy atom. The van der Waals surface area contributed by atoms with E-state index in [0.717, 1.165) is 4.47 Å². The van der Waals surface area contributed by atoms with Crippen LogP contribution >= 0.6 is 15.9 Å². The topological polar surface area (TPSA) is 75.7 Å². The van der Waals surface area contributed by atoms with Crippen LogP contribution in [0, 0.1) is 0 Å². The lowest BCUT2D eigenvalue weighted by Crippen LogP contribution is -2.31. The van der Waals surface area contributed by atoms with E-state index in [1.54, 1.807) is 19.2 Å². The van der Waals surface area contributed by atoms with Crippen molar-refractivity contribution in [3.8, 4) is 5.75 Å². The van der Waals surface area contributed by atoms with E-state index in [4.69, 9.17) is 4.74 Å². The number of amides is 1. The van der Waals surface area contributed by atoms with Gasteiger partial charge < -0.3 is 9.64 Å². The van der Waals surface area contributed by atoms with E-state index in [1.807, 2.05) is 24.3 Å². The molecular weight excluding hydrogens is 432 g/mol. The van der Waals surface area contributed by atoms with Crippen molar-refractivity contribution in [3.05, 3.63) is 71.2 Å². The van der Waals surface area contributed by atoms with Gasteiger partial charge in [-0.05, 0) is 42.5 Å². The molecule has 2 aromatic rings. The lowest BCUT2D eigenvalue weighted by atomic mass is 10.2. The van der Waals surface area contributed by atoms with Gasteiger partial charge in [0.2, 0.25) is 10.0 Å². The molecule has 0 aliphatic heterocycles. The van der Waals surface area contributed by atoms with Gasteiger partial charge in [0, 0.05) is 23.6 Å². The van der Waals surface area contributed by atoms with Gasteiger partial charge in [0.25, 0.3) is 5.91 Å². The molecule has 27 heavy (non-hydrogen) atoms. The number of carbonyl (C=O) groups is 1. The molecule has 0 bridgehead atoms. The number of likely N-dealkylation sites (N-methyl/N-ethyl adjacent to an activating group) is 1. The van der Waals surface area contributed by atoms with Crippen LogP contribution in [0.1, 0.15) is 10.4 Å². The predicted octanol–water partition coefficient (Wildman–Crippen LogP) is 3.06. The van der Waals surface area contributed by atoms with Crippen LogP contribution in [0.5, 0.6) is 5.75 Å². The highest BCUT2D eigenvalue weighted by Gasteiger charge is 2.17. The maximum absolute atomic E-state index is 12.6. The van der Waals surface area contributed by atoms with Crippen molar-refractivity contribution >= 4 is 31.9 Å². The molecule has 1 amide bonds. The van der Waals surface area contributed by atoms with Crippen LogP contribution < -0.4 is 9.46 Å². The average molecular weight is 453 g/mol. The molecule has 0 radical (unpaired) electrons. The van der Waals surface area contributed by atoms with Crippen molar-refractivity contribution < 1.29 is 17.9 Å². The molecule has 2 rings (SSSR count). The van der Waals surface area contributed by atoms with Gasteiger partial charge in [-0.1, -0.05) is 28.1 Å². The summed E-state index contributed by atoms with van der Waals surface area (Å²) in [4.78, 5) is 14.1. The van der Waals surface area contributed by atoms with E-state index < -0.39 is 10.0 Å². The molecule has 0 saturated heterocycles. The fraction of sp³-hybridized carbons (Fsp3) is 0.211. The molecule has 0 aliphatic rings. The molecule has 0 atom stereocenters. The molecule has 0 heterocycles. The molecule has 0 aliphatic carbocycles. The Hall–Kier alpha value is -2.16. The Balaban J connectivity index is 1.98. The molecule has 0 unspecified atom stereocenters. The third-order valence-corrected chi connectivity index (χ3v) is 5.61. The Bertz CT molecular complexity index is 898. The van der Waals surface area contributed by atoms with Crippen LogP contribution in [-0.4, -0.2) is 46.0 Å². The quantitative estimate of drug-likeness (QED) is 0.593. The van der Waals surface area contributed by atoms with E-state index in [1.165, 1.54) is 23.1 Å². The third-order valence-electron chi connectivity index (χ3n) is 3.66. The Kier molecular flexibility index (Phi) is 7.58. The Morgan fingerprint density at radius 2 is 1.96 bits per heavy atom. The molecule has 0 saturated carbocycles. The smallest absolute Gasteiger partial charge is 0.253 e. The van der Waals surface area contributed by atoms with Gasteiger partial charge in [0.1, 0.15) is 12.4 Å². The molecule has 2 aromatic carbocycles. The van der Waals surface area contributed by atoms with E-state index in [0.29, 0.717) is 24.5 Å². The van der Waals surface area contributed by atoms with Gasteiger partial charge in [-0.15, -0.1) is 6.58 Å². The monoisotopic (exact) mass is 452 g/mol. The molecule has 0 spiro atoms. The van der Waals surface area contributed by atoms with Gasteiger partial charge in [-0.25, -0.2) is 13.1 Å². The number of halogens is 1. The molecule has 0 fully saturated rings. The highest BCUT2D eigenvalue weighted by Crippen LogP contribution is 2.16. The van der Waals surface area contributed by atoms with Gasteiger partial charge in [0.15, 0.2) is 0 Å². The lowest BCUT2D eigenvalue weighted by molar-refractivity contribution is 0.0773. The van der Waals surface area contributed by atoms with Crippen molar-refractivity contribution in [1.29, 1.82) is 0 Å². The second-order valence-electron chi connectivity index (χ2n) is 5.70. The summed E-state index contributed by atoms with van der Waals surface area (Å²) in [6.07, 6.45) is 1.45. The summed E-state index contributed by atoms with van der Waals surface area (Å²) in [5.74, 6) is 0.426. The van der Waals surface area contributed by atoms with E-state index >= 15 is 0 Å². The standard InChI is InChI=1S/C19H21BrN2O4S/c1-3-11-21-27(24,25)18-6-4-5-15(14-18)19(23)22(2)12-13-26-17-9-7-16(20)8-10-17/h3-10,14,21H,1,11-13H2,2H3. The fourth-order valence-corrected chi connectivity index (χ4v) is 3.51. The first-order valence-corrected chi connectivity index (χ1v) is 10.5. The van der Waals surface area contributed by atoms with Gasteiger partial charge in [0.05, 0.1) is 11.4 Å². The van der Waals surface area contributed by atoms with Crippen LogP contribution in [0.15, 0.2) is 70.6 Å². The van der Waals surface area contributed by atoms with Crippen molar-refractivity contribution in [3.63, 3.8) is 0 Å². The van der Waals surface area contributed by atoms with Crippen LogP contribution in [0.2, 0.25) is 0 Å². The number of nitrogens with zero attached hydrogens (tertiary/aromatic N) is 1. The molecular formula is C19H21BrN2O4S. The minimum atomic E-state index is -3.68. The highest BCUT2D eigenvalue weighted by atomic mass is 79.9. The summed E-state index contributed by atoms with van der Waals surface area (Å²) in [6, 6.07) is 13.3. The normalized spacial score (nSPS) is 11.0. The number of sulfonamides is 1. The van der Waals surface area contributed by atoms with Crippen molar-refractivity contribution in [2.75, 3.05) is 26.7 Å². The number of hydrogen-bond acceptors (Lipinski definition) is 4. The third kappa shape index (κ3) is 6.20. The molecule has 1 N–H and O–H groups in total. The number of carbonyl (C=O) groups excluding carboxylic acids is 1. The second kappa shape index (κ2) is 9.68. The summed E-state index contributed by atoms with van der Waals surface area (Å²) in [7, 11) is -2.04. The Labute approximate surface area is 168 Å². The molecule has 144 valence electrons. The minimum Gasteiger partial charge on any atom is -0.492 e. The molecule has 8 heteroatoms. The van der Waals surface area contributed by atoms with E-state index in [9.17, 15) is 13.2 Å². The van der Waals surface area contributed by atoms with E-state index in [2.05, 4.69) is 27.2 Å². The van der Waals surface area contributed by atoms with Crippen molar-refractivity contribution in [2.45, 2.75) is 4.90 Å². The van der Waals surface area contributed by atoms with Crippen LogP contribution in [0.4, 0.5) is 0 Å². The van der Waals surface area contributed by atoms with Gasteiger partial charge in [-0.2, -0.15) is 0 Å². The van der Waals surface area contributed by atoms with Gasteiger partial charge >= 0.3 is 0 Å². The lowest BCUT2D eigenvalue weighted by Gasteiger charge is -2.18. The largest absolute Gasteiger partial charge is 0.492 e. The van der Waals surface area contributed by atoms with E-state index in [-0.39, 0.29) is 17.3 Å². The number of nitrogens with one attached hydrogen (secondary N) is 1. The average Bonchev–Trinajstić information content (AvgIpc) is 2.67. The number of hydrogen-bond donors (Lipinski definition) is 1. The zero-order valence-electron chi connectivity index (χ0n) is 14.9. The fourth-order valence-electron chi connectivity index (χ4n) is 2.20. The number of benzene rings is 2.